The van der Waals surface area contributed by atoms with Gasteiger partial charge < -0.3 is 9.52 Å². The van der Waals surface area contributed by atoms with Gasteiger partial charge in [-0.3, -0.25) is 19.5 Å². The minimum Gasteiger partial charge on any atom is -0.503 e. The molecular formula is C24H18N4O4S2. The number of amides is 1. The van der Waals surface area contributed by atoms with E-state index in [9.17, 15) is 14.7 Å². The number of anilines is 1. The number of aliphatic hydroxyl groups is 1. The summed E-state index contributed by atoms with van der Waals surface area (Å²) >= 11 is 2.72. The molecule has 1 unspecified atom stereocenters. The lowest BCUT2D eigenvalue weighted by Crippen LogP contribution is -2.31. The van der Waals surface area contributed by atoms with Gasteiger partial charge in [-0.1, -0.05) is 59.5 Å². The predicted octanol–water partition coefficient (Wildman–Crippen LogP) is 4.91. The van der Waals surface area contributed by atoms with E-state index in [-0.39, 0.29) is 16.5 Å². The Balaban J connectivity index is 1.49. The van der Waals surface area contributed by atoms with Crippen molar-refractivity contribution in [2.24, 2.45) is 0 Å². The SMILES string of the molecule is Cc1ccc(C(=O)C2=C(O)C(=O)N(c3nnc(SCc4ccccc4)s3)C2c2cccnc2)o1. The lowest BCUT2D eigenvalue weighted by atomic mass is 9.96. The Morgan fingerprint density at radius 2 is 1.97 bits per heavy atom. The molecule has 34 heavy (non-hydrogen) atoms. The summed E-state index contributed by atoms with van der Waals surface area (Å²) < 4.78 is 6.14. The van der Waals surface area contributed by atoms with E-state index >= 15 is 0 Å². The van der Waals surface area contributed by atoms with Crippen LogP contribution in [0.4, 0.5) is 5.13 Å². The van der Waals surface area contributed by atoms with E-state index in [1.807, 2.05) is 30.3 Å². The van der Waals surface area contributed by atoms with Crippen LogP contribution in [-0.4, -0.2) is 32.0 Å². The third-order valence-corrected chi connectivity index (χ3v) is 7.35. The summed E-state index contributed by atoms with van der Waals surface area (Å²) in [5.41, 5.74) is 1.61. The molecule has 1 aliphatic rings. The van der Waals surface area contributed by atoms with Crippen LogP contribution in [0, 0.1) is 6.92 Å². The first kappa shape index (κ1) is 22.1. The fraction of sp³-hybridized carbons (Fsp3) is 0.125. The molecule has 0 radical (unpaired) electrons. The molecule has 0 spiro atoms. The third kappa shape index (κ3) is 4.13. The number of aromatic nitrogens is 3. The molecule has 10 heteroatoms. The number of ketones is 1. The van der Waals surface area contributed by atoms with Gasteiger partial charge in [0.1, 0.15) is 5.76 Å². The standard InChI is InChI=1S/C24H18N4O4S2/c1-14-9-10-17(32-14)20(29)18-19(16-8-5-11-25-12-16)28(22(31)21(18)30)23-26-27-24(34-23)33-13-15-6-3-2-4-7-15/h2-12,19,30H,13H2,1H3. The summed E-state index contributed by atoms with van der Waals surface area (Å²) in [6.45, 7) is 1.71. The predicted molar refractivity (Wildman–Crippen MR) is 128 cm³/mol. The van der Waals surface area contributed by atoms with Crippen LogP contribution in [0.1, 0.15) is 33.5 Å². The van der Waals surface area contributed by atoms with Crippen molar-refractivity contribution >= 4 is 39.9 Å². The zero-order valence-corrected chi connectivity index (χ0v) is 19.5. The average Bonchev–Trinajstić information content (AvgIpc) is 3.57. The van der Waals surface area contributed by atoms with Gasteiger partial charge in [0, 0.05) is 18.1 Å². The van der Waals surface area contributed by atoms with E-state index in [4.69, 9.17) is 4.42 Å². The largest absolute Gasteiger partial charge is 0.503 e. The minimum atomic E-state index is -0.918. The van der Waals surface area contributed by atoms with Gasteiger partial charge in [-0.25, -0.2) is 0 Å². The number of rotatable bonds is 7. The summed E-state index contributed by atoms with van der Waals surface area (Å²) in [6.07, 6.45) is 3.14. The van der Waals surface area contributed by atoms with Gasteiger partial charge >= 0.3 is 0 Å². The Labute approximate surface area is 203 Å². The molecule has 4 heterocycles. The third-order valence-electron chi connectivity index (χ3n) is 5.22. The summed E-state index contributed by atoms with van der Waals surface area (Å²) in [5, 5.41) is 19.5. The number of carbonyl (C=O) groups excluding carboxylic acids is 2. The second-order valence-corrected chi connectivity index (χ2v) is 9.67. The van der Waals surface area contributed by atoms with Crippen LogP contribution >= 0.6 is 23.1 Å². The number of Topliss-reactive ketones (excluding diaryl/α,β-unsaturated/α-hetero) is 1. The molecule has 3 aromatic heterocycles. The van der Waals surface area contributed by atoms with Crippen molar-refractivity contribution in [1.82, 2.24) is 15.2 Å². The summed E-state index contributed by atoms with van der Waals surface area (Å²) in [4.78, 5) is 31.9. The lowest BCUT2D eigenvalue weighted by molar-refractivity contribution is -0.117. The topological polar surface area (TPSA) is 109 Å². The fourth-order valence-electron chi connectivity index (χ4n) is 3.65. The zero-order chi connectivity index (χ0) is 23.7. The molecule has 1 amide bonds. The smallest absolute Gasteiger partial charge is 0.296 e. The van der Waals surface area contributed by atoms with Crippen molar-refractivity contribution in [2.75, 3.05) is 4.90 Å². The van der Waals surface area contributed by atoms with Gasteiger partial charge in [-0.15, -0.1) is 10.2 Å². The van der Waals surface area contributed by atoms with E-state index in [1.54, 1.807) is 37.5 Å². The van der Waals surface area contributed by atoms with Crippen molar-refractivity contribution in [3.8, 4) is 0 Å². The summed E-state index contributed by atoms with van der Waals surface area (Å²) in [5.74, 6) is -0.650. The highest BCUT2D eigenvalue weighted by molar-refractivity contribution is 8.00. The minimum absolute atomic E-state index is 0.0407. The Morgan fingerprint density at radius 3 is 2.68 bits per heavy atom. The lowest BCUT2D eigenvalue weighted by Gasteiger charge is -2.23. The van der Waals surface area contributed by atoms with Gasteiger partial charge in [0.15, 0.2) is 15.9 Å². The molecule has 4 aromatic rings. The van der Waals surface area contributed by atoms with Crippen LogP contribution in [0.15, 0.2) is 87.1 Å². The van der Waals surface area contributed by atoms with E-state index in [0.717, 1.165) is 5.56 Å². The highest BCUT2D eigenvalue weighted by atomic mass is 32.2. The van der Waals surface area contributed by atoms with Crippen LogP contribution < -0.4 is 4.90 Å². The maximum absolute atomic E-state index is 13.3. The van der Waals surface area contributed by atoms with Crippen molar-refractivity contribution in [3.63, 3.8) is 0 Å². The highest BCUT2D eigenvalue weighted by Crippen LogP contribution is 2.43. The van der Waals surface area contributed by atoms with Crippen LogP contribution in [0.5, 0.6) is 0 Å². The fourth-order valence-corrected chi connectivity index (χ4v) is 5.48. The molecule has 8 nitrogen and oxygen atoms in total. The number of hydrogen-bond donors (Lipinski definition) is 1. The molecule has 1 atom stereocenters. The van der Waals surface area contributed by atoms with Crippen LogP contribution in [0.25, 0.3) is 0 Å². The molecular weight excluding hydrogens is 472 g/mol. The number of aryl methyl sites for hydroxylation is 1. The number of thioether (sulfide) groups is 1. The average molecular weight is 491 g/mol. The Bertz CT molecular complexity index is 1380. The van der Waals surface area contributed by atoms with Crippen molar-refractivity contribution in [3.05, 3.63) is 101 Å². The quantitative estimate of drug-likeness (QED) is 0.221. The Morgan fingerprint density at radius 1 is 1.15 bits per heavy atom. The molecule has 170 valence electrons. The van der Waals surface area contributed by atoms with Crippen molar-refractivity contribution in [2.45, 2.75) is 23.1 Å². The molecule has 0 fully saturated rings. The molecule has 1 N–H and O–H groups in total. The molecule has 0 saturated carbocycles. The number of hydrogen-bond acceptors (Lipinski definition) is 9. The highest BCUT2D eigenvalue weighted by Gasteiger charge is 2.46. The van der Waals surface area contributed by atoms with E-state index < -0.39 is 23.5 Å². The first-order valence-corrected chi connectivity index (χ1v) is 12.1. The molecule has 1 aromatic carbocycles. The summed E-state index contributed by atoms with van der Waals surface area (Å²) in [7, 11) is 0. The second-order valence-electron chi connectivity index (χ2n) is 7.49. The van der Waals surface area contributed by atoms with Gasteiger partial charge in [-0.2, -0.15) is 0 Å². The molecule has 0 aliphatic carbocycles. The van der Waals surface area contributed by atoms with Crippen LogP contribution in [0.3, 0.4) is 0 Å². The van der Waals surface area contributed by atoms with Crippen molar-refractivity contribution in [1.29, 1.82) is 0 Å². The first-order valence-electron chi connectivity index (χ1n) is 10.3. The number of furan rings is 1. The Kier molecular flexibility index (Phi) is 5.99. The first-order chi connectivity index (χ1) is 16.5. The summed E-state index contributed by atoms with van der Waals surface area (Å²) in [6, 6.07) is 15.6. The maximum atomic E-state index is 13.3. The second kappa shape index (κ2) is 9.24. The molecule has 5 rings (SSSR count). The number of carbonyl (C=O) groups is 2. The van der Waals surface area contributed by atoms with Crippen LogP contribution in [-0.2, 0) is 10.5 Å². The van der Waals surface area contributed by atoms with Crippen molar-refractivity contribution < 1.29 is 19.1 Å². The molecule has 0 saturated heterocycles. The molecule has 0 bridgehead atoms. The van der Waals surface area contributed by atoms with Gasteiger partial charge in [0.05, 0.1) is 11.6 Å². The van der Waals surface area contributed by atoms with Crippen LogP contribution in [0.2, 0.25) is 0 Å². The maximum Gasteiger partial charge on any atom is 0.296 e. The number of nitrogens with zero attached hydrogens (tertiary/aromatic N) is 4. The monoisotopic (exact) mass is 490 g/mol. The molecule has 1 aliphatic heterocycles. The zero-order valence-electron chi connectivity index (χ0n) is 17.9. The van der Waals surface area contributed by atoms with E-state index in [1.165, 1.54) is 34.1 Å². The van der Waals surface area contributed by atoms with Gasteiger partial charge in [0.2, 0.25) is 10.9 Å². The number of benzene rings is 1. The number of aliphatic hydroxyl groups excluding tert-OH is 1. The Hall–Kier alpha value is -3.76. The normalized spacial score (nSPS) is 15.9. The van der Waals surface area contributed by atoms with E-state index in [2.05, 4.69) is 15.2 Å². The van der Waals surface area contributed by atoms with E-state index in [0.29, 0.717) is 21.4 Å². The van der Waals surface area contributed by atoms with Gasteiger partial charge in [0.25, 0.3) is 5.91 Å². The van der Waals surface area contributed by atoms with Gasteiger partial charge in [-0.05, 0) is 36.2 Å². The number of pyridine rings is 1.